The second kappa shape index (κ2) is 30.1. The number of fused-ring (bicyclic) bond motifs is 14. The molecule has 118 heavy (non-hydrogen) atoms. The molecule has 0 bridgehead atoms. The maximum Gasteiger partial charge on any atom is 0.488 e. The van der Waals surface area contributed by atoms with Gasteiger partial charge in [0.1, 0.15) is 0 Å². The summed E-state index contributed by atoms with van der Waals surface area (Å²) in [5, 5.41) is 28.5. The first kappa shape index (κ1) is 73.1. The van der Waals surface area contributed by atoms with Crippen molar-refractivity contribution in [2.24, 2.45) is 0 Å². The first-order valence-corrected chi connectivity index (χ1v) is 41.2. The molecule has 0 amide bonds. The van der Waals surface area contributed by atoms with Crippen molar-refractivity contribution in [2.75, 3.05) is 9.80 Å². The number of para-hydroxylation sites is 4. The van der Waals surface area contributed by atoms with Crippen LogP contribution in [0, 0.1) is 0 Å². The number of aromatic nitrogens is 2. The van der Waals surface area contributed by atoms with Gasteiger partial charge in [0.05, 0.1) is 22.1 Å². The molecule has 0 saturated carbocycles. The summed E-state index contributed by atoms with van der Waals surface area (Å²) in [6, 6.07) is 148. The highest BCUT2D eigenvalue weighted by Gasteiger charge is 2.38. The van der Waals surface area contributed by atoms with Crippen LogP contribution in [-0.2, 0) is 10.8 Å². The van der Waals surface area contributed by atoms with Crippen LogP contribution in [-0.4, -0.2) is 26.3 Å². The standard InChI is InChI=1S/C55H40N2.C37H28BrN.C18H14BNO2/c1-55(2)51-21-10-8-18-47(51)48-33-32-44(36-52(48)55)56(43-30-25-39(26-31-43)46-20-12-14-38-13-6-7-17-45(38)46)42-28-23-37(24-29-42)40-27-34-54-50(35-40)49-19-9-11-22-53(49)57(54)41-15-4-3-5-16-41;1-37(2)35-13-6-5-11-33(35)34-23-22-30(24-36(34)37)39(29-20-16-27(38)17-21-29)28-18-14-26(15-19-28)32-12-7-9-25-8-3-4-10-31(25)32;21-19(22)13-10-11-18-16(12-13)15-8-4-5-9-17(15)20(18)14-6-2-1-3-7-14/h3-36H,1-2H3;3-24H,1-2H3;1-12,21-22H. The highest BCUT2D eigenvalue weighted by Crippen LogP contribution is 2.53. The Bertz CT molecular complexity index is 7200. The smallest absolute Gasteiger partial charge is 0.423 e. The maximum atomic E-state index is 9.43. The Morgan fingerprint density at radius 2 is 0.576 bits per heavy atom. The van der Waals surface area contributed by atoms with Gasteiger partial charge in [-0.25, -0.2) is 0 Å². The van der Waals surface area contributed by atoms with Gasteiger partial charge in [-0.15, -0.1) is 0 Å². The number of benzene rings is 18. The van der Waals surface area contributed by atoms with Crippen molar-refractivity contribution in [3.8, 4) is 67.0 Å². The Morgan fingerprint density at radius 1 is 0.246 bits per heavy atom. The van der Waals surface area contributed by atoms with E-state index in [1.165, 1.54) is 127 Å². The fourth-order valence-electron chi connectivity index (χ4n) is 18.5. The third kappa shape index (κ3) is 12.9. The number of rotatable bonds is 12. The summed E-state index contributed by atoms with van der Waals surface area (Å²) in [5.41, 5.74) is 32.2. The number of hydrogen-bond donors (Lipinski definition) is 2. The summed E-state index contributed by atoms with van der Waals surface area (Å²) in [7, 11) is -1.46. The Kier molecular flexibility index (Phi) is 18.6. The van der Waals surface area contributed by atoms with Crippen LogP contribution in [0.15, 0.2) is 417 Å². The van der Waals surface area contributed by atoms with Gasteiger partial charge in [-0.2, -0.15) is 0 Å². The van der Waals surface area contributed by atoms with Crippen molar-refractivity contribution in [3.63, 3.8) is 0 Å². The number of nitrogens with zero attached hydrogens (tertiary/aromatic N) is 4. The third-order valence-corrected chi connectivity index (χ3v) is 24.9. The van der Waals surface area contributed by atoms with E-state index in [0.717, 1.165) is 66.1 Å². The molecule has 2 aliphatic rings. The SMILES string of the molecule is CC1(C)c2ccccc2-c2ccc(N(c3ccc(-c4ccc5c(c4)c4ccccc4n5-c4ccccc4)cc3)c3ccc(-c4cccc5ccccc45)cc3)cc21.CC1(C)c2ccccc2-c2ccc(N(c3ccc(Br)cc3)c3ccc(-c4cccc5ccccc45)cc3)cc21.OB(O)c1ccc2c(c1)c1ccccc1n2-c1ccccc1. The topological polar surface area (TPSA) is 56.8 Å². The fourth-order valence-corrected chi connectivity index (χ4v) is 18.8. The Balaban J connectivity index is 0.000000126. The van der Waals surface area contributed by atoms with Gasteiger partial charge < -0.3 is 29.0 Å². The predicted molar refractivity (Wildman–Crippen MR) is 501 cm³/mol. The molecule has 564 valence electrons. The minimum atomic E-state index is -1.46. The van der Waals surface area contributed by atoms with Crippen molar-refractivity contribution >= 4 is 128 Å². The molecular weight excluding hydrogens is 1500 g/mol. The van der Waals surface area contributed by atoms with Crippen LogP contribution in [0.2, 0.25) is 0 Å². The largest absolute Gasteiger partial charge is 0.488 e. The summed E-state index contributed by atoms with van der Waals surface area (Å²) in [4.78, 5) is 4.77. The molecule has 0 saturated heterocycles. The van der Waals surface area contributed by atoms with Crippen LogP contribution in [0.4, 0.5) is 34.1 Å². The maximum absolute atomic E-state index is 9.43. The first-order valence-electron chi connectivity index (χ1n) is 40.4. The highest BCUT2D eigenvalue weighted by molar-refractivity contribution is 9.10. The number of hydrogen-bond acceptors (Lipinski definition) is 4. The summed E-state index contributed by atoms with van der Waals surface area (Å²) < 4.78 is 5.64. The molecule has 0 unspecified atom stereocenters. The van der Waals surface area contributed by atoms with Crippen molar-refractivity contribution in [3.05, 3.63) is 439 Å². The molecule has 0 fully saturated rings. The van der Waals surface area contributed by atoms with Gasteiger partial charge in [-0.3, -0.25) is 0 Å². The van der Waals surface area contributed by atoms with Crippen molar-refractivity contribution in [1.29, 1.82) is 0 Å². The summed E-state index contributed by atoms with van der Waals surface area (Å²) >= 11 is 3.62. The molecule has 2 aromatic heterocycles. The van der Waals surface area contributed by atoms with Crippen LogP contribution in [0.25, 0.3) is 132 Å². The quantitative estimate of drug-likeness (QED) is 0.120. The zero-order valence-electron chi connectivity index (χ0n) is 65.9. The van der Waals surface area contributed by atoms with Gasteiger partial charge in [-0.1, -0.05) is 317 Å². The van der Waals surface area contributed by atoms with Crippen LogP contribution in [0.1, 0.15) is 49.9 Å². The molecular formula is C110H82BBrN4O2. The van der Waals surface area contributed by atoms with E-state index in [-0.39, 0.29) is 10.8 Å². The fraction of sp³-hybridized carbons (Fsp3) is 0.0545. The minimum Gasteiger partial charge on any atom is -0.423 e. The lowest BCUT2D eigenvalue weighted by molar-refractivity contribution is 0.426. The van der Waals surface area contributed by atoms with E-state index in [1.807, 2.05) is 42.5 Å². The van der Waals surface area contributed by atoms with Crippen molar-refractivity contribution in [2.45, 2.75) is 38.5 Å². The number of anilines is 6. The van der Waals surface area contributed by atoms with Gasteiger partial charge in [-0.05, 0) is 244 Å². The molecule has 6 nitrogen and oxygen atoms in total. The van der Waals surface area contributed by atoms with Gasteiger partial charge in [0, 0.05) is 82.3 Å². The molecule has 0 spiro atoms. The molecule has 2 heterocycles. The highest BCUT2D eigenvalue weighted by atomic mass is 79.9. The van der Waals surface area contributed by atoms with E-state index >= 15 is 0 Å². The van der Waals surface area contributed by atoms with Gasteiger partial charge >= 0.3 is 7.12 Å². The first-order chi connectivity index (χ1) is 57.8. The van der Waals surface area contributed by atoms with E-state index in [4.69, 9.17) is 0 Å². The predicted octanol–water partition coefficient (Wildman–Crippen LogP) is 28.6. The van der Waals surface area contributed by atoms with E-state index in [1.54, 1.807) is 6.07 Å². The van der Waals surface area contributed by atoms with Crippen LogP contribution >= 0.6 is 15.9 Å². The second-order valence-electron chi connectivity index (χ2n) is 31.9. The molecule has 0 atom stereocenters. The molecule has 22 rings (SSSR count). The van der Waals surface area contributed by atoms with Gasteiger partial charge in [0.25, 0.3) is 0 Å². The van der Waals surface area contributed by atoms with Gasteiger partial charge in [0.15, 0.2) is 0 Å². The Labute approximate surface area is 696 Å². The van der Waals surface area contributed by atoms with Crippen LogP contribution in [0.3, 0.4) is 0 Å². The summed E-state index contributed by atoms with van der Waals surface area (Å²) in [6.45, 7) is 9.38. The zero-order valence-corrected chi connectivity index (χ0v) is 67.5. The zero-order chi connectivity index (χ0) is 79.8. The lowest BCUT2D eigenvalue weighted by Crippen LogP contribution is -2.29. The molecule has 0 aliphatic heterocycles. The second-order valence-corrected chi connectivity index (χ2v) is 32.8. The minimum absolute atomic E-state index is 0.0501. The molecule has 2 aliphatic carbocycles. The van der Waals surface area contributed by atoms with Crippen LogP contribution in [0.5, 0.6) is 0 Å². The molecule has 18 aromatic carbocycles. The molecule has 2 N–H and O–H groups in total. The number of halogens is 1. The monoisotopic (exact) mass is 1580 g/mol. The lowest BCUT2D eigenvalue weighted by atomic mass is 9.80. The lowest BCUT2D eigenvalue weighted by Gasteiger charge is -2.28. The van der Waals surface area contributed by atoms with Crippen molar-refractivity contribution < 1.29 is 10.0 Å². The Hall–Kier alpha value is -13.9. The molecule has 20 aromatic rings. The summed E-state index contributed by atoms with van der Waals surface area (Å²) in [5.74, 6) is 0. The van der Waals surface area contributed by atoms with Crippen LogP contribution < -0.4 is 15.3 Å². The summed E-state index contributed by atoms with van der Waals surface area (Å²) in [6.07, 6.45) is 0. The van der Waals surface area contributed by atoms with E-state index in [2.05, 4.69) is 427 Å². The van der Waals surface area contributed by atoms with E-state index < -0.39 is 7.12 Å². The third-order valence-electron chi connectivity index (χ3n) is 24.3. The van der Waals surface area contributed by atoms with Gasteiger partial charge in [0.2, 0.25) is 0 Å². The van der Waals surface area contributed by atoms with E-state index in [9.17, 15) is 10.0 Å². The molecule has 8 heteroatoms. The Morgan fingerprint density at radius 3 is 1.03 bits per heavy atom. The average Bonchev–Trinajstić information content (AvgIpc) is 1.58. The average molecular weight is 1580 g/mol. The molecule has 0 radical (unpaired) electrons. The van der Waals surface area contributed by atoms with Crippen molar-refractivity contribution in [1.82, 2.24) is 9.13 Å². The van der Waals surface area contributed by atoms with E-state index in [0.29, 0.717) is 5.46 Å². The normalized spacial score (nSPS) is 12.7.